The number of hydrogen-bond acceptors (Lipinski definition) is 4. The molecule has 1 aliphatic rings. The van der Waals surface area contributed by atoms with Gasteiger partial charge in [-0.15, -0.1) is 5.11 Å². The van der Waals surface area contributed by atoms with Gasteiger partial charge in [0.2, 0.25) is 0 Å². The quantitative estimate of drug-likeness (QED) is 0.747. The zero-order valence-corrected chi connectivity index (χ0v) is 7.57. The van der Waals surface area contributed by atoms with Crippen molar-refractivity contribution in [3.8, 4) is 0 Å². The Labute approximate surface area is 85.0 Å². The molecular formula is C9H7N3O3. The smallest absolute Gasteiger partial charge is 0.354 e. The van der Waals surface area contributed by atoms with Gasteiger partial charge in [0.25, 0.3) is 5.91 Å². The third-order valence-corrected chi connectivity index (χ3v) is 1.32. The lowest BCUT2D eigenvalue weighted by Crippen LogP contribution is -1.97. The molecule has 0 saturated heterocycles. The van der Waals surface area contributed by atoms with Crippen molar-refractivity contribution < 1.29 is 14.7 Å². The van der Waals surface area contributed by atoms with Crippen LogP contribution < -0.4 is 0 Å². The average molecular weight is 205 g/mol. The molecule has 0 bridgehead atoms. The molecule has 6 heteroatoms. The van der Waals surface area contributed by atoms with Crippen LogP contribution in [0, 0.1) is 0 Å². The van der Waals surface area contributed by atoms with Crippen molar-refractivity contribution in [1.29, 1.82) is 0 Å². The summed E-state index contributed by atoms with van der Waals surface area (Å²) in [5.74, 6) is -1.26. The zero-order chi connectivity index (χ0) is 11.1. The molecule has 15 heavy (non-hydrogen) atoms. The van der Waals surface area contributed by atoms with E-state index >= 15 is 0 Å². The van der Waals surface area contributed by atoms with Gasteiger partial charge >= 0.3 is 5.97 Å². The number of carboxylic acid groups (broad SMARTS) is 1. The van der Waals surface area contributed by atoms with Crippen molar-refractivity contribution in [1.82, 2.24) is 4.98 Å². The normalized spacial score (nSPS) is 12.1. The van der Waals surface area contributed by atoms with Gasteiger partial charge < -0.3 is 5.11 Å². The second-order valence-corrected chi connectivity index (χ2v) is 2.39. The Bertz CT molecular complexity index is 398. The molecule has 2 heterocycles. The number of aromatic nitrogens is 1. The first-order valence-electron chi connectivity index (χ1n) is 3.96. The minimum atomic E-state index is -0.990. The molecule has 2 rings (SSSR count). The van der Waals surface area contributed by atoms with Crippen LogP contribution in [0.4, 0.5) is 0 Å². The first kappa shape index (κ1) is 10.7. The third kappa shape index (κ3) is 3.90. The topological polar surface area (TPSA) is 92.0 Å². The first-order chi connectivity index (χ1) is 7.20. The van der Waals surface area contributed by atoms with E-state index in [9.17, 15) is 9.59 Å². The van der Waals surface area contributed by atoms with Gasteiger partial charge in [-0.3, -0.25) is 4.79 Å². The number of pyridine rings is 1. The van der Waals surface area contributed by atoms with Crippen molar-refractivity contribution in [2.75, 3.05) is 0 Å². The van der Waals surface area contributed by atoms with Gasteiger partial charge in [0.05, 0.1) is 6.20 Å². The predicted octanol–water partition coefficient (Wildman–Crippen LogP) is 1.27. The van der Waals surface area contributed by atoms with E-state index in [1.807, 2.05) is 0 Å². The van der Waals surface area contributed by atoms with Crippen molar-refractivity contribution in [2.24, 2.45) is 10.2 Å². The number of hydrogen-bond donors (Lipinski definition) is 1. The third-order valence-electron chi connectivity index (χ3n) is 1.32. The van der Waals surface area contributed by atoms with E-state index in [0.29, 0.717) is 0 Å². The van der Waals surface area contributed by atoms with Gasteiger partial charge in [0.1, 0.15) is 5.69 Å². The molecule has 0 radical (unpaired) electrons. The zero-order valence-electron chi connectivity index (χ0n) is 7.57. The highest BCUT2D eigenvalue weighted by Crippen LogP contribution is 1.91. The van der Waals surface area contributed by atoms with E-state index in [1.165, 1.54) is 24.5 Å². The highest BCUT2D eigenvalue weighted by Gasteiger charge is 1.98. The van der Waals surface area contributed by atoms with E-state index < -0.39 is 5.97 Å². The summed E-state index contributed by atoms with van der Waals surface area (Å²) < 4.78 is 0. The van der Waals surface area contributed by atoms with E-state index in [1.54, 1.807) is 12.1 Å². The summed E-state index contributed by atoms with van der Waals surface area (Å²) in [5, 5.41) is 14.7. The molecule has 1 aromatic rings. The summed E-state index contributed by atoms with van der Waals surface area (Å²) in [7, 11) is 0. The van der Waals surface area contributed by atoms with Crippen LogP contribution in [0.2, 0.25) is 0 Å². The largest absolute Gasteiger partial charge is 0.477 e. The molecule has 76 valence electrons. The average Bonchev–Trinajstić information content (AvgIpc) is 2.71. The van der Waals surface area contributed by atoms with Crippen LogP contribution in [0.1, 0.15) is 10.5 Å². The molecule has 0 unspecified atom stereocenters. The molecule has 0 fully saturated rings. The SMILES string of the molecule is O=C(O)c1ccccn1.O=C1C=CN=N1. The lowest BCUT2D eigenvalue weighted by atomic mass is 10.4. The maximum absolute atomic E-state index is 10.1. The number of rotatable bonds is 1. The Morgan fingerprint density at radius 1 is 1.33 bits per heavy atom. The second kappa shape index (κ2) is 5.38. The molecule has 1 N–H and O–H groups in total. The lowest BCUT2D eigenvalue weighted by molar-refractivity contribution is -0.113. The molecule has 0 aliphatic carbocycles. The number of aromatic carboxylic acids is 1. The molecule has 0 spiro atoms. The Kier molecular flexibility index (Phi) is 3.84. The van der Waals surface area contributed by atoms with Gasteiger partial charge in [0.15, 0.2) is 0 Å². The summed E-state index contributed by atoms with van der Waals surface area (Å²) in [4.78, 5) is 23.6. The van der Waals surface area contributed by atoms with Crippen LogP contribution in [-0.2, 0) is 4.79 Å². The molecular weight excluding hydrogens is 198 g/mol. The number of carbonyl (C=O) groups excluding carboxylic acids is 1. The lowest BCUT2D eigenvalue weighted by Gasteiger charge is -1.87. The summed E-state index contributed by atoms with van der Waals surface area (Å²) in [6, 6.07) is 4.76. The minimum Gasteiger partial charge on any atom is -0.477 e. The molecule has 0 aromatic carbocycles. The summed E-state index contributed by atoms with van der Waals surface area (Å²) in [6.45, 7) is 0. The van der Waals surface area contributed by atoms with Gasteiger partial charge in [-0.05, 0) is 12.1 Å². The Balaban J connectivity index is 0.000000162. The molecule has 1 aromatic heterocycles. The summed E-state index contributed by atoms with van der Waals surface area (Å²) in [5.41, 5.74) is 0.0810. The number of carbonyl (C=O) groups is 2. The molecule has 1 amide bonds. The van der Waals surface area contributed by atoms with Crippen LogP contribution in [-0.4, -0.2) is 22.0 Å². The minimum absolute atomic E-state index is 0.0810. The monoisotopic (exact) mass is 205 g/mol. The Hall–Kier alpha value is -2.37. The van der Waals surface area contributed by atoms with Gasteiger partial charge in [-0.25, -0.2) is 9.78 Å². The summed E-state index contributed by atoms with van der Waals surface area (Å²) in [6.07, 6.45) is 4.12. The van der Waals surface area contributed by atoms with Crippen LogP contribution in [0.25, 0.3) is 0 Å². The van der Waals surface area contributed by atoms with Crippen LogP contribution >= 0.6 is 0 Å². The van der Waals surface area contributed by atoms with Crippen LogP contribution in [0.15, 0.2) is 46.9 Å². The molecule has 0 saturated carbocycles. The number of carboxylic acids is 1. The summed E-state index contributed by atoms with van der Waals surface area (Å²) >= 11 is 0. The Morgan fingerprint density at radius 2 is 2.13 bits per heavy atom. The van der Waals surface area contributed by atoms with E-state index in [-0.39, 0.29) is 11.6 Å². The fourth-order valence-corrected chi connectivity index (χ4v) is 0.710. The van der Waals surface area contributed by atoms with Crippen molar-refractivity contribution in [3.63, 3.8) is 0 Å². The standard InChI is InChI=1S/C6H5NO2.C3H2N2O/c8-6(9)5-3-1-2-4-7-5;6-3-1-2-4-5-3/h1-4H,(H,8,9);1-2H. The predicted molar refractivity (Wildman–Crippen MR) is 50.2 cm³/mol. The van der Waals surface area contributed by atoms with Crippen molar-refractivity contribution >= 4 is 11.9 Å². The number of amides is 1. The van der Waals surface area contributed by atoms with Gasteiger partial charge in [-0.2, -0.15) is 5.11 Å². The fourth-order valence-electron chi connectivity index (χ4n) is 0.710. The van der Waals surface area contributed by atoms with E-state index in [4.69, 9.17) is 5.11 Å². The van der Waals surface area contributed by atoms with Crippen LogP contribution in [0.3, 0.4) is 0 Å². The first-order valence-corrected chi connectivity index (χ1v) is 3.96. The maximum Gasteiger partial charge on any atom is 0.354 e. The number of azo groups is 1. The molecule has 0 atom stereocenters. The second-order valence-electron chi connectivity index (χ2n) is 2.39. The highest BCUT2D eigenvalue weighted by atomic mass is 16.4. The van der Waals surface area contributed by atoms with Crippen molar-refractivity contribution in [3.05, 3.63) is 42.4 Å². The number of nitrogens with zero attached hydrogens (tertiary/aromatic N) is 3. The van der Waals surface area contributed by atoms with Gasteiger partial charge in [0, 0.05) is 12.3 Å². The van der Waals surface area contributed by atoms with Crippen LogP contribution in [0.5, 0.6) is 0 Å². The molecule has 1 aliphatic heterocycles. The van der Waals surface area contributed by atoms with Crippen molar-refractivity contribution in [2.45, 2.75) is 0 Å². The maximum atomic E-state index is 10.1. The molecule has 6 nitrogen and oxygen atoms in total. The Morgan fingerprint density at radius 3 is 2.40 bits per heavy atom. The fraction of sp³-hybridized carbons (Fsp3) is 0. The van der Waals surface area contributed by atoms with Gasteiger partial charge in [-0.1, -0.05) is 6.07 Å². The highest BCUT2D eigenvalue weighted by molar-refractivity contribution is 5.89. The van der Waals surface area contributed by atoms with E-state index in [0.717, 1.165) is 0 Å². The van der Waals surface area contributed by atoms with E-state index in [2.05, 4.69) is 15.2 Å².